The summed E-state index contributed by atoms with van der Waals surface area (Å²) < 4.78 is 4.46. The van der Waals surface area contributed by atoms with Gasteiger partial charge in [-0.15, -0.1) is 11.3 Å². The molecule has 80 valence electrons. The summed E-state index contributed by atoms with van der Waals surface area (Å²) in [5.74, 6) is 0. The van der Waals surface area contributed by atoms with Crippen molar-refractivity contribution in [2.75, 3.05) is 5.73 Å². The molecule has 1 aromatic heterocycles. The van der Waals surface area contributed by atoms with Gasteiger partial charge in [0.15, 0.2) is 0 Å². The molecule has 0 saturated carbocycles. The van der Waals surface area contributed by atoms with Crippen molar-refractivity contribution in [3.05, 3.63) is 39.3 Å². The fourth-order valence-corrected chi connectivity index (χ4v) is 4.60. The van der Waals surface area contributed by atoms with Crippen LogP contribution < -0.4 is 5.73 Å². The van der Waals surface area contributed by atoms with Gasteiger partial charge < -0.3 is 5.73 Å². The largest absolute Gasteiger partial charge is 0.397 e. The van der Waals surface area contributed by atoms with Crippen molar-refractivity contribution in [2.24, 2.45) is 0 Å². The summed E-state index contributed by atoms with van der Waals surface area (Å²) in [7, 11) is 0. The number of hydrogen-bond acceptors (Lipinski definition) is 2. The molecule has 16 heavy (non-hydrogen) atoms. The van der Waals surface area contributed by atoms with E-state index in [1.165, 1.54) is 20.2 Å². The summed E-state index contributed by atoms with van der Waals surface area (Å²) in [6, 6.07) is 10.5. The second-order valence-corrected chi connectivity index (χ2v) is 6.29. The van der Waals surface area contributed by atoms with Crippen LogP contribution in [0.3, 0.4) is 0 Å². The van der Waals surface area contributed by atoms with E-state index in [1.54, 1.807) is 11.3 Å². The second-order valence-electron chi connectivity index (χ2n) is 3.56. The minimum absolute atomic E-state index is 0.760. The molecule has 0 aliphatic heterocycles. The third-order valence-corrected chi connectivity index (χ3v) is 5.19. The molecular formula is C12H7Br2NS. The maximum atomic E-state index is 6.01. The lowest BCUT2D eigenvalue weighted by atomic mass is 10.1. The Balaban J connectivity index is 2.62. The van der Waals surface area contributed by atoms with E-state index in [0.717, 1.165) is 14.6 Å². The van der Waals surface area contributed by atoms with Gasteiger partial charge in [-0.2, -0.15) is 0 Å². The minimum atomic E-state index is 0.760. The summed E-state index contributed by atoms with van der Waals surface area (Å²) in [4.78, 5) is 0. The van der Waals surface area contributed by atoms with Crippen LogP contribution in [0.2, 0.25) is 0 Å². The first-order chi connectivity index (χ1) is 7.68. The highest BCUT2D eigenvalue weighted by Gasteiger charge is 2.12. The zero-order valence-electron chi connectivity index (χ0n) is 8.13. The summed E-state index contributed by atoms with van der Waals surface area (Å²) in [5.41, 5.74) is 6.77. The summed E-state index contributed by atoms with van der Waals surface area (Å²) in [6.45, 7) is 0. The van der Waals surface area contributed by atoms with Gasteiger partial charge in [0.05, 0.1) is 10.2 Å². The number of halogens is 2. The molecule has 3 aromatic rings. The van der Waals surface area contributed by atoms with Crippen LogP contribution in [0.1, 0.15) is 0 Å². The first-order valence-corrected chi connectivity index (χ1v) is 7.13. The molecule has 4 heteroatoms. The quantitative estimate of drug-likeness (QED) is 0.553. The summed E-state index contributed by atoms with van der Waals surface area (Å²) in [6.07, 6.45) is 0. The van der Waals surface area contributed by atoms with E-state index in [1.807, 2.05) is 0 Å². The monoisotopic (exact) mass is 355 g/mol. The molecular weight excluding hydrogens is 350 g/mol. The van der Waals surface area contributed by atoms with Crippen LogP contribution in [-0.4, -0.2) is 0 Å². The molecule has 2 aromatic carbocycles. The van der Waals surface area contributed by atoms with Gasteiger partial charge in [0.2, 0.25) is 0 Å². The maximum absolute atomic E-state index is 6.01. The van der Waals surface area contributed by atoms with Crippen LogP contribution in [0.5, 0.6) is 0 Å². The average molecular weight is 357 g/mol. The van der Waals surface area contributed by atoms with Crippen LogP contribution in [-0.2, 0) is 0 Å². The predicted molar refractivity (Wildman–Crippen MR) is 79.1 cm³/mol. The molecule has 0 unspecified atom stereocenters. The van der Waals surface area contributed by atoms with Gasteiger partial charge in [0, 0.05) is 24.6 Å². The van der Waals surface area contributed by atoms with Crippen LogP contribution in [0.15, 0.2) is 39.3 Å². The van der Waals surface area contributed by atoms with Crippen LogP contribution in [0.4, 0.5) is 5.69 Å². The third kappa shape index (κ3) is 1.40. The third-order valence-electron chi connectivity index (χ3n) is 2.59. The van der Waals surface area contributed by atoms with Gasteiger partial charge in [0.25, 0.3) is 0 Å². The Kier molecular flexibility index (Phi) is 2.46. The lowest BCUT2D eigenvalue weighted by Crippen LogP contribution is -1.88. The zero-order chi connectivity index (χ0) is 11.3. The van der Waals surface area contributed by atoms with Gasteiger partial charge >= 0.3 is 0 Å². The van der Waals surface area contributed by atoms with E-state index in [9.17, 15) is 0 Å². The molecule has 0 radical (unpaired) electrons. The highest BCUT2D eigenvalue weighted by atomic mass is 79.9. The van der Waals surface area contributed by atoms with Gasteiger partial charge in [-0.3, -0.25) is 0 Å². The molecule has 2 N–H and O–H groups in total. The molecule has 0 bridgehead atoms. The van der Waals surface area contributed by atoms with Gasteiger partial charge in [-0.05, 0) is 44.0 Å². The standard InChI is InChI=1S/C12H7Br2NS/c13-7-5-9-10(11(14)12(7)15)6-3-1-2-4-8(6)16-9/h1-5H,15H2. The van der Waals surface area contributed by atoms with E-state index in [-0.39, 0.29) is 0 Å². The smallest absolute Gasteiger partial charge is 0.0610 e. The van der Waals surface area contributed by atoms with Crippen molar-refractivity contribution in [3.63, 3.8) is 0 Å². The molecule has 0 aliphatic rings. The van der Waals surface area contributed by atoms with Crippen LogP contribution in [0, 0.1) is 0 Å². The van der Waals surface area contributed by atoms with Crippen LogP contribution in [0.25, 0.3) is 20.2 Å². The molecule has 0 atom stereocenters. The molecule has 0 saturated heterocycles. The fraction of sp³-hybridized carbons (Fsp3) is 0. The number of nitrogens with two attached hydrogens (primary N) is 1. The van der Waals surface area contributed by atoms with Crippen molar-refractivity contribution in [2.45, 2.75) is 0 Å². The Hall–Kier alpha value is -0.580. The Morgan fingerprint density at radius 1 is 1.06 bits per heavy atom. The first-order valence-electron chi connectivity index (χ1n) is 4.73. The lowest BCUT2D eigenvalue weighted by Gasteiger charge is -2.03. The number of fused-ring (bicyclic) bond motifs is 3. The summed E-state index contributed by atoms with van der Waals surface area (Å²) >= 11 is 8.84. The van der Waals surface area contributed by atoms with Crippen LogP contribution >= 0.6 is 43.2 Å². The molecule has 0 fully saturated rings. The Labute approximate surface area is 114 Å². The molecule has 0 aliphatic carbocycles. The van der Waals surface area contributed by atoms with Gasteiger partial charge in [-0.1, -0.05) is 18.2 Å². The second kappa shape index (κ2) is 3.72. The van der Waals surface area contributed by atoms with Crippen molar-refractivity contribution in [1.29, 1.82) is 0 Å². The van der Waals surface area contributed by atoms with E-state index in [0.29, 0.717) is 0 Å². The highest BCUT2D eigenvalue weighted by Crippen LogP contribution is 2.43. The van der Waals surface area contributed by atoms with E-state index >= 15 is 0 Å². The normalized spacial score (nSPS) is 11.4. The number of thiophene rings is 1. The Bertz CT molecular complexity index is 703. The lowest BCUT2D eigenvalue weighted by molar-refractivity contribution is 1.68. The maximum Gasteiger partial charge on any atom is 0.0610 e. The highest BCUT2D eigenvalue weighted by molar-refractivity contribution is 9.11. The predicted octanol–water partition coefficient (Wildman–Crippen LogP) is 5.16. The van der Waals surface area contributed by atoms with Crippen molar-refractivity contribution in [3.8, 4) is 0 Å². The van der Waals surface area contributed by atoms with Crippen molar-refractivity contribution < 1.29 is 0 Å². The minimum Gasteiger partial charge on any atom is -0.397 e. The SMILES string of the molecule is Nc1c(Br)cc2sc3ccccc3c2c1Br. The van der Waals surface area contributed by atoms with Gasteiger partial charge in [-0.25, -0.2) is 0 Å². The van der Waals surface area contributed by atoms with Crippen molar-refractivity contribution >= 4 is 69.1 Å². The van der Waals surface area contributed by atoms with E-state index in [2.05, 4.69) is 62.2 Å². The van der Waals surface area contributed by atoms with E-state index in [4.69, 9.17) is 5.73 Å². The number of rotatable bonds is 0. The average Bonchev–Trinajstić information content (AvgIpc) is 2.64. The number of hydrogen-bond donors (Lipinski definition) is 1. The fourth-order valence-electron chi connectivity index (χ4n) is 1.82. The molecule has 0 spiro atoms. The molecule has 1 nitrogen and oxygen atoms in total. The number of anilines is 1. The summed E-state index contributed by atoms with van der Waals surface area (Å²) in [5, 5.41) is 2.47. The molecule has 1 heterocycles. The zero-order valence-corrected chi connectivity index (χ0v) is 12.1. The molecule has 0 amide bonds. The Morgan fingerprint density at radius 2 is 1.81 bits per heavy atom. The van der Waals surface area contributed by atoms with Gasteiger partial charge in [0.1, 0.15) is 0 Å². The number of benzene rings is 2. The number of nitrogen functional groups attached to an aromatic ring is 1. The topological polar surface area (TPSA) is 26.0 Å². The van der Waals surface area contributed by atoms with Crippen molar-refractivity contribution in [1.82, 2.24) is 0 Å². The first kappa shape index (κ1) is 10.6. The molecule has 3 rings (SSSR count). The Morgan fingerprint density at radius 3 is 2.62 bits per heavy atom. The van der Waals surface area contributed by atoms with E-state index < -0.39 is 0 Å².